The van der Waals surface area contributed by atoms with Crippen molar-refractivity contribution in [1.29, 1.82) is 0 Å². The first-order valence-corrected chi connectivity index (χ1v) is 9.97. The van der Waals surface area contributed by atoms with Crippen molar-refractivity contribution in [2.45, 2.75) is 6.42 Å². The molecule has 4 rings (SSSR count). The van der Waals surface area contributed by atoms with Gasteiger partial charge in [-0.05, 0) is 35.2 Å². The van der Waals surface area contributed by atoms with Crippen LogP contribution in [0.4, 0.5) is 0 Å². The molecule has 3 aromatic carbocycles. The van der Waals surface area contributed by atoms with Crippen LogP contribution >= 0.6 is 0 Å². The van der Waals surface area contributed by atoms with Crippen LogP contribution in [-0.2, 0) is 11.2 Å². The van der Waals surface area contributed by atoms with Crippen LogP contribution in [0.15, 0.2) is 84.9 Å². The maximum atomic E-state index is 12.9. The Morgan fingerprint density at radius 1 is 0.897 bits per heavy atom. The summed E-state index contributed by atoms with van der Waals surface area (Å²) in [7, 11) is 0. The van der Waals surface area contributed by atoms with Gasteiger partial charge in [-0.15, -0.1) is 0 Å². The van der Waals surface area contributed by atoms with Crippen molar-refractivity contribution in [3.63, 3.8) is 0 Å². The molecule has 0 radical (unpaired) electrons. The second-order valence-corrected chi connectivity index (χ2v) is 7.38. The smallest absolute Gasteiger partial charge is 0.253 e. The SMILES string of the molecule is O=C1NCCN(C(=O)c2ccccc2)CC1Cc1cccc(-c2ccccc2)c1. The molecule has 4 heteroatoms. The molecule has 0 spiro atoms. The lowest BCUT2D eigenvalue weighted by Crippen LogP contribution is -2.37. The number of carbonyl (C=O) groups excluding carboxylic acids is 2. The normalized spacial score (nSPS) is 16.8. The second-order valence-electron chi connectivity index (χ2n) is 7.38. The number of amides is 2. The monoisotopic (exact) mass is 384 g/mol. The molecule has 1 fully saturated rings. The van der Waals surface area contributed by atoms with Crippen molar-refractivity contribution in [3.05, 3.63) is 96.1 Å². The van der Waals surface area contributed by atoms with Gasteiger partial charge in [0.1, 0.15) is 0 Å². The minimum atomic E-state index is -0.267. The summed E-state index contributed by atoms with van der Waals surface area (Å²) in [4.78, 5) is 27.3. The van der Waals surface area contributed by atoms with Crippen molar-refractivity contribution in [2.75, 3.05) is 19.6 Å². The van der Waals surface area contributed by atoms with E-state index in [4.69, 9.17) is 0 Å². The molecular weight excluding hydrogens is 360 g/mol. The van der Waals surface area contributed by atoms with Crippen LogP contribution in [0.1, 0.15) is 15.9 Å². The summed E-state index contributed by atoms with van der Waals surface area (Å²) < 4.78 is 0. The van der Waals surface area contributed by atoms with Crippen molar-refractivity contribution in [1.82, 2.24) is 10.2 Å². The maximum Gasteiger partial charge on any atom is 0.253 e. The molecule has 3 aromatic rings. The Morgan fingerprint density at radius 3 is 2.34 bits per heavy atom. The van der Waals surface area contributed by atoms with E-state index in [2.05, 4.69) is 29.6 Å². The Hall–Kier alpha value is -3.40. The van der Waals surface area contributed by atoms with Crippen LogP contribution in [-0.4, -0.2) is 36.3 Å². The molecule has 1 saturated heterocycles. The Kier molecular flexibility index (Phi) is 5.71. The average molecular weight is 384 g/mol. The van der Waals surface area contributed by atoms with Gasteiger partial charge >= 0.3 is 0 Å². The summed E-state index contributed by atoms with van der Waals surface area (Å²) in [6, 6.07) is 27.8. The van der Waals surface area contributed by atoms with Gasteiger partial charge in [0.25, 0.3) is 5.91 Å². The molecule has 0 aromatic heterocycles. The largest absolute Gasteiger partial charge is 0.354 e. The van der Waals surface area contributed by atoms with E-state index in [1.54, 1.807) is 4.90 Å². The van der Waals surface area contributed by atoms with Gasteiger partial charge in [0, 0.05) is 25.2 Å². The predicted octanol–water partition coefficient (Wildman–Crippen LogP) is 3.78. The first-order valence-electron chi connectivity index (χ1n) is 9.97. The van der Waals surface area contributed by atoms with Crippen LogP contribution in [0, 0.1) is 5.92 Å². The molecule has 0 bridgehead atoms. The number of nitrogens with zero attached hydrogens (tertiary/aromatic N) is 1. The van der Waals surface area contributed by atoms with Gasteiger partial charge in [0.05, 0.1) is 5.92 Å². The zero-order chi connectivity index (χ0) is 20.1. The molecule has 4 nitrogen and oxygen atoms in total. The van der Waals surface area contributed by atoms with Crippen LogP contribution in [0.2, 0.25) is 0 Å². The Labute approximate surface area is 171 Å². The van der Waals surface area contributed by atoms with E-state index in [9.17, 15) is 9.59 Å². The Morgan fingerprint density at radius 2 is 1.59 bits per heavy atom. The summed E-state index contributed by atoms with van der Waals surface area (Å²) >= 11 is 0. The molecule has 1 aliphatic heterocycles. The second kappa shape index (κ2) is 8.74. The molecule has 2 amide bonds. The molecule has 29 heavy (non-hydrogen) atoms. The molecule has 1 heterocycles. The summed E-state index contributed by atoms with van der Waals surface area (Å²) in [5.41, 5.74) is 4.04. The fraction of sp³-hybridized carbons (Fsp3) is 0.200. The van der Waals surface area contributed by atoms with Crippen LogP contribution in [0.25, 0.3) is 11.1 Å². The highest BCUT2D eigenvalue weighted by Gasteiger charge is 2.28. The Balaban J connectivity index is 1.52. The number of carbonyl (C=O) groups is 2. The van der Waals surface area contributed by atoms with Crippen molar-refractivity contribution < 1.29 is 9.59 Å². The molecule has 1 N–H and O–H groups in total. The first kappa shape index (κ1) is 18.9. The van der Waals surface area contributed by atoms with Gasteiger partial charge in [-0.2, -0.15) is 0 Å². The van der Waals surface area contributed by atoms with Gasteiger partial charge in [0.2, 0.25) is 5.91 Å². The predicted molar refractivity (Wildman–Crippen MR) is 114 cm³/mol. The summed E-state index contributed by atoms with van der Waals surface area (Å²) in [6.45, 7) is 1.44. The third kappa shape index (κ3) is 4.54. The van der Waals surface area contributed by atoms with Crippen molar-refractivity contribution >= 4 is 11.8 Å². The number of hydrogen-bond donors (Lipinski definition) is 1. The van der Waals surface area contributed by atoms with E-state index in [0.717, 1.165) is 16.7 Å². The zero-order valence-electron chi connectivity index (χ0n) is 16.3. The van der Waals surface area contributed by atoms with Gasteiger partial charge < -0.3 is 10.2 Å². The lowest BCUT2D eigenvalue weighted by molar-refractivity contribution is -0.124. The van der Waals surface area contributed by atoms with E-state index in [1.807, 2.05) is 60.7 Å². The van der Waals surface area contributed by atoms with Crippen LogP contribution in [0.5, 0.6) is 0 Å². The topological polar surface area (TPSA) is 49.4 Å². The molecule has 0 saturated carbocycles. The zero-order valence-corrected chi connectivity index (χ0v) is 16.3. The van der Waals surface area contributed by atoms with E-state index < -0.39 is 0 Å². The fourth-order valence-corrected chi connectivity index (χ4v) is 3.80. The number of benzene rings is 3. The highest BCUT2D eigenvalue weighted by molar-refractivity contribution is 5.94. The third-order valence-electron chi connectivity index (χ3n) is 5.32. The van der Waals surface area contributed by atoms with Crippen LogP contribution < -0.4 is 5.32 Å². The van der Waals surface area contributed by atoms with E-state index in [-0.39, 0.29) is 17.7 Å². The van der Waals surface area contributed by atoms with Crippen molar-refractivity contribution in [3.8, 4) is 11.1 Å². The number of hydrogen-bond acceptors (Lipinski definition) is 2. The molecule has 1 atom stereocenters. The van der Waals surface area contributed by atoms with E-state index in [1.165, 1.54) is 0 Å². The molecular formula is C25H24N2O2. The third-order valence-corrected chi connectivity index (χ3v) is 5.32. The highest BCUT2D eigenvalue weighted by Crippen LogP contribution is 2.22. The maximum absolute atomic E-state index is 12.9. The number of nitrogens with one attached hydrogen (secondary N) is 1. The molecule has 0 aliphatic carbocycles. The molecule has 146 valence electrons. The Bertz CT molecular complexity index is 986. The fourth-order valence-electron chi connectivity index (χ4n) is 3.80. The highest BCUT2D eigenvalue weighted by atomic mass is 16.2. The van der Waals surface area contributed by atoms with Crippen molar-refractivity contribution in [2.24, 2.45) is 5.92 Å². The first-order chi connectivity index (χ1) is 14.2. The number of rotatable bonds is 4. The standard InChI is InChI=1S/C25H24N2O2/c28-24-23(17-19-8-7-13-22(16-19)20-9-3-1-4-10-20)18-27(15-14-26-24)25(29)21-11-5-2-6-12-21/h1-13,16,23H,14-15,17-18H2,(H,26,28). The van der Waals surface area contributed by atoms with E-state index in [0.29, 0.717) is 31.6 Å². The summed E-state index contributed by atoms with van der Waals surface area (Å²) in [6.07, 6.45) is 0.602. The molecule has 1 aliphatic rings. The quantitative estimate of drug-likeness (QED) is 0.744. The van der Waals surface area contributed by atoms with E-state index >= 15 is 0 Å². The van der Waals surface area contributed by atoms with Gasteiger partial charge in [-0.3, -0.25) is 9.59 Å². The van der Waals surface area contributed by atoms with Gasteiger partial charge in [0.15, 0.2) is 0 Å². The summed E-state index contributed by atoms with van der Waals surface area (Å²) in [5, 5.41) is 2.96. The minimum absolute atomic E-state index is 0.0125. The molecule has 1 unspecified atom stereocenters. The van der Waals surface area contributed by atoms with Crippen LogP contribution in [0.3, 0.4) is 0 Å². The van der Waals surface area contributed by atoms with Gasteiger partial charge in [-0.1, -0.05) is 72.8 Å². The minimum Gasteiger partial charge on any atom is -0.354 e. The summed E-state index contributed by atoms with van der Waals surface area (Å²) in [5.74, 6) is -0.278. The lowest BCUT2D eigenvalue weighted by Gasteiger charge is -2.23. The lowest BCUT2D eigenvalue weighted by atomic mass is 9.95. The average Bonchev–Trinajstić information content (AvgIpc) is 2.96. The van der Waals surface area contributed by atoms with Gasteiger partial charge in [-0.25, -0.2) is 0 Å².